The van der Waals surface area contributed by atoms with E-state index in [2.05, 4.69) is 24.0 Å². The van der Waals surface area contributed by atoms with E-state index in [1.165, 1.54) is 5.56 Å². The summed E-state index contributed by atoms with van der Waals surface area (Å²) in [6.45, 7) is 4.65. The molecule has 0 N–H and O–H groups in total. The fourth-order valence-electron chi connectivity index (χ4n) is 1.69. The van der Waals surface area contributed by atoms with Crippen LogP contribution in [0, 0.1) is 6.92 Å². The van der Waals surface area contributed by atoms with E-state index < -0.39 is 0 Å². The van der Waals surface area contributed by atoms with E-state index in [4.69, 9.17) is 4.74 Å². The summed E-state index contributed by atoms with van der Waals surface area (Å²) in [5.41, 5.74) is 3.28. The fraction of sp³-hybridized carbons (Fsp3) is 0.267. The van der Waals surface area contributed by atoms with Crippen LogP contribution in [0.15, 0.2) is 42.5 Å². The zero-order chi connectivity index (χ0) is 12.1. The normalized spacial score (nSPS) is 10.2. The first-order valence-corrected chi connectivity index (χ1v) is 5.92. The highest BCUT2D eigenvalue weighted by Gasteiger charge is 1.98. The Morgan fingerprint density at radius 3 is 2.71 bits per heavy atom. The quantitative estimate of drug-likeness (QED) is 0.797. The molecule has 0 saturated carbocycles. The van der Waals surface area contributed by atoms with E-state index in [1.54, 1.807) is 0 Å². The Labute approximate surface area is 102 Å². The van der Waals surface area contributed by atoms with E-state index in [0.717, 1.165) is 23.6 Å². The molecule has 2 heteroatoms. The fourth-order valence-corrected chi connectivity index (χ4v) is 1.69. The smallest absolute Gasteiger partial charge is 0.130 e. The minimum absolute atomic E-state index is 0.523. The number of benzene rings is 1. The molecule has 17 heavy (non-hydrogen) atoms. The van der Waals surface area contributed by atoms with Crippen LogP contribution in [0.25, 0.3) is 0 Å². The van der Waals surface area contributed by atoms with Gasteiger partial charge in [0, 0.05) is 5.69 Å². The van der Waals surface area contributed by atoms with Crippen molar-refractivity contribution in [3.8, 4) is 5.75 Å². The molecule has 0 aliphatic carbocycles. The van der Waals surface area contributed by atoms with Gasteiger partial charge in [-0.3, -0.25) is 4.98 Å². The summed E-state index contributed by atoms with van der Waals surface area (Å²) in [6, 6.07) is 14.2. The molecule has 0 bridgehead atoms. The Kier molecular flexibility index (Phi) is 3.76. The molecular formula is C15H17NO. The third-order valence-corrected chi connectivity index (χ3v) is 2.64. The third kappa shape index (κ3) is 3.31. The maximum Gasteiger partial charge on any atom is 0.130 e. The van der Waals surface area contributed by atoms with Crippen molar-refractivity contribution >= 4 is 0 Å². The Morgan fingerprint density at radius 2 is 1.94 bits per heavy atom. The summed E-state index contributed by atoms with van der Waals surface area (Å²) in [6.07, 6.45) is 1.03. The summed E-state index contributed by atoms with van der Waals surface area (Å²) < 4.78 is 5.73. The molecule has 0 unspecified atom stereocenters. The maximum atomic E-state index is 5.73. The molecular weight excluding hydrogens is 210 g/mol. The number of pyridine rings is 1. The molecule has 2 aromatic rings. The summed E-state index contributed by atoms with van der Waals surface area (Å²) in [7, 11) is 0. The van der Waals surface area contributed by atoms with Gasteiger partial charge in [-0.25, -0.2) is 0 Å². The number of hydrogen-bond donors (Lipinski definition) is 0. The Hall–Kier alpha value is -1.83. The van der Waals surface area contributed by atoms with Crippen LogP contribution in [-0.2, 0) is 13.0 Å². The summed E-state index contributed by atoms with van der Waals surface area (Å²) in [5.74, 6) is 0.910. The molecule has 2 rings (SSSR count). The van der Waals surface area contributed by atoms with Crippen molar-refractivity contribution in [3.63, 3.8) is 0 Å². The molecule has 0 saturated heterocycles. The Balaban J connectivity index is 2.02. The first-order valence-electron chi connectivity index (χ1n) is 5.92. The van der Waals surface area contributed by atoms with Crippen LogP contribution in [0.3, 0.4) is 0 Å². The third-order valence-electron chi connectivity index (χ3n) is 2.64. The lowest BCUT2D eigenvalue weighted by Gasteiger charge is -2.07. The number of rotatable bonds is 4. The van der Waals surface area contributed by atoms with Gasteiger partial charge in [0.2, 0.25) is 0 Å². The first kappa shape index (κ1) is 11.6. The Morgan fingerprint density at radius 1 is 1.12 bits per heavy atom. The van der Waals surface area contributed by atoms with Crippen molar-refractivity contribution in [2.24, 2.45) is 0 Å². The zero-order valence-corrected chi connectivity index (χ0v) is 10.3. The number of hydrogen-bond acceptors (Lipinski definition) is 2. The molecule has 0 amide bonds. The van der Waals surface area contributed by atoms with Crippen LogP contribution in [-0.4, -0.2) is 4.98 Å². The van der Waals surface area contributed by atoms with Crippen molar-refractivity contribution in [2.45, 2.75) is 26.9 Å². The second-order valence-electron chi connectivity index (χ2n) is 4.06. The van der Waals surface area contributed by atoms with Gasteiger partial charge in [0.25, 0.3) is 0 Å². The molecule has 1 aromatic heterocycles. The molecule has 0 spiro atoms. The minimum Gasteiger partial charge on any atom is -0.487 e. The van der Waals surface area contributed by atoms with E-state index in [-0.39, 0.29) is 0 Å². The predicted octanol–water partition coefficient (Wildman–Crippen LogP) is 3.53. The van der Waals surface area contributed by atoms with E-state index in [9.17, 15) is 0 Å². The van der Waals surface area contributed by atoms with Crippen LogP contribution < -0.4 is 4.74 Å². The van der Waals surface area contributed by atoms with Gasteiger partial charge in [0.1, 0.15) is 12.4 Å². The molecule has 0 radical (unpaired) electrons. The number of aryl methyl sites for hydroxylation is 2. The van der Waals surface area contributed by atoms with Gasteiger partial charge >= 0.3 is 0 Å². The first-order chi connectivity index (χ1) is 8.28. The molecule has 1 heterocycles. The zero-order valence-electron chi connectivity index (χ0n) is 10.3. The maximum absolute atomic E-state index is 5.73. The van der Waals surface area contributed by atoms with Crippen LogP contribution >= 0.6 is 0 Å². The van der Waals surface area contributed by atoms with Crippen LogP contribution in [0.2, 0.25) is 0 Å². The van der Waals surface area contributed by atoms with E-state index in [0.29, 0.717) is 6.61 Å². The second-order valence-corrected chi connectivity index (χ2v) is 4.06. The van der Waals surface area contributed by atoms with Gasteiger partial charge in [-0.05, 0) is 43.2 Å². The molecule has 2 nitrogen and oxygen atoms in total. The second kappa shape index (κ2) is 5.48. The molecule has 88 valence electrons. The van der Waals surface area contributed by atoms with Crippen molar-refractivity contribution < 1.29 is 4.74 Å². The van der Waals surface area contributed by atoms with E-state index >= 15 is 0 Å². The minimum atomic E-state index is 0.523. The largest absolute Gasteiger partial charge is 0.487 e. The molecule has 1 aromatic carbocycles. The highest BCUT2D eigenvalue weighted by Crippen LogP contribution is 2.15. The van der Waals surface area contributed by atoms with Crippen LogP contribution in [0.1, 0.15) is 23.9 Å². The molecule has 0 atom stereocenters. The molecule has 0 fully saturated rings. The van der Waals surface area contributed by atoms with Crippen molar-refractivity contribution in [1.82, 2.24) is 4.98 Å². The van der Waals surface area contributed by atoms with Gasteiger partial charge in [-0.15, -0.1) is 0 Å². The predicted molar refractivity (Wildman–Crippen MR) is 69.1 cm³/mol. The Bertz CT molecular complexity index is 494. The summed E-state index contributed by atoms with van der Waals surface area (Å²) in [4.78, 5) is 4.41. The van der Waals surface area contributed by atoms with Crippen LogP contribution in [0.4, 0.5) is 0 Å². The lowest BCUT2D eigenvalue weighted by molar-refractivity contribution is 0.301. The topological polar surface area (TPSA) is 22.1 Å². The number of ether oxygens (including phenoxy) is 1. The summed E-state index contributed by atoms with van der Waals surface area (Å²) >= 11 is 0. The van der Waals surface area contributed by atoms with Crippen molar-refractivity contribution in [2.75, 3.05) is 0 Å². The van der Waals surface area contributed by atoms with E-state index in [1.807, 2.05) is 37.3 Å². The van der Waals surface area contributed by atoms with Crippen molar-refractivity contribution in [3.05, 3.63) is 59.4 Å². The van der Waals surface area contributed by atoms with Crippen LogP contribution in [0.5, 0.6) is 5.75 Å². The van der Waals surface area contributed by atoms with Gasteiger partial charge in [0.15, 0.2) is 0 Å². The number of aromatic nitrogens is 1. The van der Waals surface area contributed by atoms with Gasteiger partial charge in [0.05, 0.1) is 5.69 Å². The highest BCUT2D eigenvalue weighted by molar-refractivity contribution is 5.28. The highest BCUT2D eigenvalue weighted by atomic mass is 16.5. The van der Waals surface area contributed by atoms with Crippen molar-refractivity contribution in [1.29, 1.82) is 0 Å². The van der Waals surface area contributed by atoms with Gasteiger partial charge in [-0.2, -0.15) is 0 Å². The lowest BCUT2D eigenvalue weighted by atomic mass is 10.2. The molecule has 0 aliphatic heterocycles. The summed E-state index contributed by atoms with van der Waals surface area (Å²) in [5, 5.41) is 0. The number of nitrogens with zero attached hydrogens (tertiary/aromatic N) is 1. The standard InChI is InChI=1S/C15H17NO/c1-3-13-7-5-9-15(10-13)17-11-14-8-4-6-12(2)16-14/h4-10H,3,11H2,1-2H3. The van der Waals surface area contributed by atoms with Gasteiger partial charge in [-0.1, -0.05) is 25.1 Å². The lowest BCUT2D eigenvalue weighted by Crippen LogP contribution is -1.99. The SMILES string of the molecule is CCc1cccc(OCc2cccc(C)n2)c1. The average molecular weight is 227 g/mol. The monoisotopic (exact) mass is 227 g/mol. The van der Waals surface area contributed by atoms with Gasteiger partial charge < -0.3 is 4.74 Å². The average Bonchev–Trinajstić information content (AvgIpc) is 2.37. The molecule has 0 aliphatic rings.